The van der Waals surface area contributed by atoms with Crippen LogP contribution in [-0.2, 0) is 32.8 Å². The van der Waals surface area contributed by atoms with Gasteiger partial charge in [-0.2, -0.15) is 0 Å². The van der Waals surface area contributed by atoms with Crippen molar-refractivity contribution in [3.8, 4) is 17.4 Å². The van der Waals surface area contributed by atoms with Crippen LogP contribution in [0, 0.1) is 12.7 Å². The molecule has 0 saturated carbocycles. The summed E-state index contributed by atoms with van der Waals surface area (Å²) in [5.41, 5.74) is 3.96. The molecule has 3 fully saturated rings. The van der Waals surface area contributed by atoms with Crippen LogP contribution >= 0.6 is 0 Å². The largest absolute Gasteiger partial charge is 1.00 e. The van der Waals surface area contributed by atoms with E-state index in [0.717, 1.165) is 39.6 Å². The number of nitrogens with one attached hydrogen (secondary N) is 2. The highest BCUT2D eigenvalue weighted by atomic mass is 79.9. The first-order valence-electron chi connectivity index (χ1n) is 21.4. The molecule has 2 unspecified atom stereocenters. The van der Waals surface area contributed by atoms with Gasteiger partial charge in [0.25, 0.3) is 11.8 Å². The van der Waals surface area contributed by atoms with E-state index in [4.69, 9.17) is 14.2 Å². The summed E-state index contributed by atoms with van der Waals surface area (Å²) in [5.74, 6) is -0.814. The van der Waals surface area contributed by atoms with Crippen molar-refractivity contribution in [3.63, 3.8) is 0 Å². The molecule has 0 radical (unpaired) electrons. The molecular formula is C52H52BrFN4O7. The monoisotopic (exact) mass is 942 g/mol. The number of para-hydroxylation sites is 1. The number of hydrogen-bond donors (Lipinski definition) is 3. The Morgan fingerprint density at radius 3 is 1.82 bits per heavy atom. The summed E-state index contributed by atoms with van der Waals surface area (Å²) in [6.45, 7) is 4.28. The summed E-state index contributed by atoms with van der Waals surface area (Å²) in [5, 5.41) is 15.7. The summed E-state index contributed by atoms with van der Waals surface area (Å²) in [7, 11) is 4.59. The van der Waals surface area contributed by atoms with Crippen LogP contribution in [0.25, 0.3) is 0 Å². The van der Waals surface area contributed by atoms with E-state index in [1.165, 1.54) is 30.5 Å². The number of phenolic OH excluding ortho intramolecular Hbond substituents is 1. The number of esters is 1. The molecule has 3 saturated heterocycles. The highest BCUT2D eigenvalue weighted by molar-refractivity contribution is 5.97. The number of pyridine rings is 1. The number of morpholine rings is 1. The number of rotatable bonds is 12. The van der Waals surface area contributed by atoms with Crippen LogP contribution in [0.1, 0.15) is 68.3 Å². The van der Waals surface area contributed by atoms with E-state index in [-0.39, 0.29) is 76.0 Å². The van der Waals surface area contributed by atoms with Gasteiger partial charge in [0.15, 0.2) is 0 Å². The number of aromatic hydroxyl groups is 1. The van der Waals surface area contributed by atoms with Gasteiger partial charge in [-0.15, -0.1) is 0 Å². The molecular weight excluding hydrogens is 891 g/mol. The van der Waals surface area contributed by atoms with Crippen LogP contribution in [0.5, 0.6) is 17.4 Å². The molecule has 6 aromatic rings. The lowest BCUT2D eigenvalue weighted by atomic mass is 9.76. The van der Waals surface area contributed by atoms with Crippen LogP contribution < -0.4 is 32.4 Å². The number of benzene rings is 5. The van der Waals surface area contributed by atoms with Gasteiger partial charge in [0.2, 0.25) is 5.88 Å². The molecule has 5 aromatic carbocycles. The third-order valence-electron chi connectivity index (χ3n) is 12.9. The number of ether oxygens (including phenoxy) is 3. The average Bonchev–Trinajstić information content (AvgIpc) is 4.09. The first-order chi connectivity index (χ1) is 30.8. The zero-order valence-electron chi connectivity index (χ0n) is 36.6. The number of amides is 2. The Hall–Kier alpha value is -6.41. The van der Waals surface area contributed by atoms with Gasteiger partial charge >= 0.3 is 5.97 Å². The average molecular weight is 944 g/mol. The minimum atomic E-state index is -0.817. The molecule has 4 heterocycles. The Morgan fingerprint density at radius 1 is 0.738 bits per heavy atom. The zero-order chi connectivity index (χ0) is 45.0. The second-order valence-electron chi connectivity index (χ2n) is 17.2. The van der Waals surface area contributed by atoms with Gasteiger partial charge in [0.05, 0.1) is 19.7 Å². The molecule has 65 heavy (non-hydrogen) atoms. The van der Waals surface area contributed by atoms with E-state index in [9.17, 15) is 23.9 Å². The molecule has 3 aliphatic rings. The summed E-state index contributed by atoms with van der Waals surface area (Å²) in [6, 6.07) is 41.9. The molecule has 0 aliphatic carbocycles. The molecule has 1 aromatic heterocycles. The fourth-order valence-corrected chi connectivity index (χ4v) is 8.95. The Balaban J connectivity index is 0.000000196. The van der Waals surface area contributed by atoms with Gasteiger partial charge in [-0.1, -0.05) is 97.1 Å². The second kappa shape index (κ2) is 19.8. The number of piperidine rings is 1. The molecule has 11 nitrogen and oxygen atoms in total. The van der Waals surface area contributed by atoms with Gasteiger partial charge in [-0.3, -0.25) is 14.4 Å². The SMILES string of the molecule is CC(C(=O)OC1CC2[C@@H]3O[C@H]3C(C1)[N+]2(C)C)(c1ccccc1)c1ccccc1.Cc1cccc(C(=O)NCc2ccc(CNC(=O)c3cccnc3Oc3ccc(F)cc3)cc2)c1O.[Br-]. The van der Waals surface area contributed by atoms with Crippen LogP contribution in [0.3, 0.4) is 0 Å². The van der Waals surface area contributed by atoms with E-state index in [2.05, 4.69) is 29.7 Å². The van der Waals surface area contributed by atoms with Crippen molar-refractivity contribution in [2.24, 2.45) is 0 Å². The van der Waals surface area contributed by atoms with E-state index in [0.29, 0.717) is 42.1 Å². The van der Waals surface area contributed by atoms with Crippen molar-refractivity contribution in [1.29, 1.82) is 0 Å². The van der Waals surface area contributed by atoms with Crippen molar-refractivity contribution >= 4 is 17.8 Å². The number of phenols is 1. The van der Waals surface area contributed by atoms with Crippen molar-refractivity contribution in [2.45, 2.75) is 75.6 Å². The molecule has 13 heteroatoms. The maximum atomic E-state index is 13.6. The first kappa shape index (κ1) is 46.6. The fourth-order valence-electron chi connectivity index (χ4n) is 8.95. The van der Waals surface area contributed by atoms with Crippen molar-refractivity contribution in [3.05, 3.63) is 190 Å². The quantitative estimate of drug-likeness (QED) is 0.0868. The van der Waals surface area contributed by atoms with Gasteiger partial charge in [0.1, 0.15) is 58.7 Å². The summed E-state index contributed by atoms with van der Waals surface area (Å²) in [4.78, 5) is 42.8. The summed E-state index contributed by atoms with van der Waals surface area (Å²) in [6.07, 6.45) is 3.97. The number of carbonyl (C=O) groups is 3. The highest BCUT2D eigenvalue weighted by Crippen LogP contribution is 2.52. The van der Waals surface area contributed by atoms with E-state index >= 15 is 0 Å². The lowest BCUT2D eigenvalue weighted by Crippen LogP contribution is -3.00. The van der Waals surface area contributed by atoms with E-state index in [1.807, 2.05) is 91.9 Å². The minimum Gasteiger partial charge on any atom is -1.00 e. The first-order valence-corrected chi connectivity index (χ1v) is 21.4. The molecule has 336 valence electrons. The van der Waals surface area contributed by atoms with Crippen LogP contribution in [0.2, 0.25) is 0 Å². The van der Waals surface area contributed by atoms with Crippen LogP contribution in [0.15, 0.2) is 146 Å². The van der Waals surface area contributed by atoms with Crippen molar-refractivity contribution in [2.75, 3.05) is 14.1 Å². The molecule has 0 spiro atoms. The van der Waals surface area contributed by atoms with Gasteiger partial charge in [-0.05, 0) is 84.1 Å². The Labute approximate surface area is 388 Å². The number of likely N-dealkylation sites (N-methyl/N-ethyl adjacent to an activating group) is 1. The number of aromatic nitrogens is 1. The number of nitrogens with zero attached hydrogens (tertiary/aromatic N) is 2. The second-order valence-corrected chi connectivity index (χ2v) is 17.2. The minimum absolute atomic E-state index is 0. The van der Waals surface area contributed by atoms with Gasteiger partial charge < -0.3 is 51.4 Å². The number of quaternary nitrogens is 1. The molecule has 2 amide bonds. The maximum Gasteiger partial charge on any atom is 0.321 e. The third kappa shape index (κ3) is 10.1. The number of halogens is 2. The number of aryl methyl sites for hydroxylation is 1. The third-order valence-corrected chi connectivity index (χ3v) is 12.9. The standard InChI is InChI=1S/C28H24FN3O4.C24H28NO3.BrH/c1-18-4-2-5-23(25(18)33)26(34)31-16-19-7-9-20(10-8-19)17-32-27(35)24-6-3-15-30-28(24)36-22-13-11-21(29)12-14-22;1-24(16-10-6-4-7-11-16,17-12-8-5-9-13-17)23(26)27-18-14-19-21-22(28-21)20(15-18)25(19,2)3;/h2-15,33H,16-17H2,1H3,(H,31,34)(H,32,35);4-13,18-22H,14-15H2,1-3H3;1H/q;+1;/p-1/t;18?,19?,20?,21-,22-;/m.0./s1. The Kier molecular flexibility index (Phi) is 14.2. The number of hydrogen-bond acceptors (Lipinski definition) is 8. The summed E-state index contributed by atoms with van der Waals surface area (Å²) >= 11 is 0. The van der Waals surface area contributed by atoms with E-state index < -0.39 is 5.41 Å². The predicted octanol–water partition coefficient (Wildman–Crippen LogP) is 5.18. The number of fused-ring (bicyclic) bond motifs is 5. The highest BCUT2D eigenvalue weighted by Gasteiger charge is 2.71. The number of epoxide rings is 1. The molecule has 9 rings (SSSR count). The van der Waals surface area contributed by atoms with Crippen LogP contribution in [0.4, 0.5) is 4.39 Å². The van der Waals surface area contributed by atoms with E-state index in [1.54, 1.807) is 37.3 Å². The summed E-state index contributed by atoms with van der Waals surface area (Å²) < 4.78 is 31.9. The number of carbonyl (C=O) groups excluding carboxylic acids is 3. The van der Waals surface area contributed by atoms with Gasteiger partial charge in [0, 0.05) is 32.1 Å². The fraction of sp³-hybridized carbons (Fsp3) is 0.269. The molecule has 3 aliphatic heterocycles. The van der Waals surface area contributed by atoms with Crippen molar-refractivity contribution < 1.29 is 59.6 Å². The lowest BCUT2D eigenvalue weighted by Gasteiger charge is -2.45. The topological polar surface area (TPSA) is 139 Å². The normalized spacial score (nSPS) is 19.8. The molecule has 4 atom stereocenters. The zero-order valence-corrected chi connectivity index (χ0v) is 38.2. The van der Waals surface area contributed by atoms with Gasteiger partial charge in [-0.25, -0.2) is 9.37 Å². The molecule has 2 bridgehead atoms. The lowest BCUT2D eigenvalue weighted by molar-refractivity contribution is -0.938. The predicted molar refractivity (Wildman–Crippen MR) is 239 cm³/mol. The van der Waals surface area contributed by atoms with Crippen LogP contribution in [-0.4, -0.2) is 76.8 Å². The Morgan fingerprint density at radius 2 is 1.26 bits per heavy atom. The van der Waals surface area contributed by atoms with Crippen molar-refractivity contribution in [1.82, 2.24) is 15.6 Å². The molecule has 3 N–H and O–H groups in total. The smallest absolute Gasteiger partial charge is 0.321 e. The maximum absolute atomic E-state index is 13.6. The Bertz CT molecular complexity index is 2560.